The van der Waals surface area contributed by atoms with Gasteiger partial charge in [-0.15, -0.1) is 0 Å². The van der Waals surface area contributed by atoms with E-state index in [9.17, 15) is 48.3 Å². The van der Waals surface area contributed by atoms with E-state index in [-0.39, 0.29) is 30.7 Å². The van der Waals surface area contributed by atoms with E-state index in [0.717, 1.165) is 24.3 Å². The Morgan fingerprint density at radius 3 is 1.95 bits per heavy atom. The minimum atomic E-state index is -6.36. The Morgan fingerprint density at radius 2 is 1.46 bits per heavy atom. The summed E-state index contributed by atoms with van der Waals surface area (Å²) < 4.78 is 135. The highest BCUT2D eigenvalue weighted by molar-refractivity contribution is 7.92. The fraction of sp³-hybridized carbons (Fsp3) is 0.385. The molecule has 1 aliphatic rings. The van der Waals surface area contributed by atoms with Crippen molar-refractivity contribution in [1.29, 1.82) is 0 Å². The van der Waals surface area contributed by atoms with Gasteiger partial charge in [-0.1, -0.05) is 24.3 Å². The number of benzene rings is 2. The summed E-state index contributed by atoms with van der Waals surface area (Å²) in [7, 11) is -4.56. The number of sulfone groups is 1. The third-order valence-corrected chi connectivity index (χ3v) is 9.84. The van der Waals surface area contributed by atoms with Crippen molar-refractivity contribution < 1.29 is 48.3 Å². The molecule has 3 aromatic rings. The van der Waals surface area contributed by atoms with Gasteiger partial charge < -0.3 is 4.90 Å². The number of carbonyl (C=O) groups is 1. The van der Waals surface area contributed by atoms with Crippen molar-refractivity contribution in [2.45, 2.75) is 53.5 Å². The topological polar surface area (TPSA) is 72.3 Å². The van der Waals surface area contributed by atoms with E-state index in [2.05, 4.69) is 5.10 Å². The van der Waals surface area contributed by atoms with Crippen molar-refractivity contribution in [2.75, 3.05) is 13.1 Å². The van der Waals surface area contributed by atoms with Gasteiger partial charge in [0.1, 0.15) is 16.1 Å². The normalized spacial score (nSPS) is 19.0. The zero-order chi connectivity index (χ0) is 30.6. The highest BCUT2D eigenvalue weighted by Gasteiger charge is 2.73. The summed E-state index contributed by atoms with van der Waals surface area (Å²) in [6.07, 6.45) is -10.1. The smallest absolute Gasteiger partial charge is 0.339 e. The Balaban J connectivity index is 1.83. The van der Waals surface area contributed by atoms with Crippen molar-refractivity contribution in [3.8, 4) is 0 Å². The van der Waals surface area contributed by atoms with Gasteiger partial charge in [0, 0.05) is 31.0 Å². The van der Waals surface area contributed by atoms with Gasteiger partial charge in [0.15, 0.2) is 9.84 Å². The van der Waals surface area contributed by atoms with Gasteiger partial charge in [-0.2, -0.15) is 31.4 Å². The van der Waals surface area contributed by atoms with Crippen LogP contribution in [0, 0.1) is 5.82 Å². The first-order valence-electron chi connectivity index (χ1n) is 12.0. The van der Waals surface area contributed by atoms with Crippen LogP contribution in [0.1, 0.15) is 31.4 Å². The number of carbonyl (C=O) groups excluding carboxylic acids is 1. The van der Waals surface area contributed by atoms with Crippen LogP contribution in [0.5, 0.6) is 0 Å². The van der Waals surface area contributed by atoms with Crippen LogP contribution in [0.2, 0.25) is 0 Å². The van der Waals surface area contributed by atoms with Crippen LogP contribution in [0.25, 0.3) is 0 Å². The molecule has 15 heteroatoms. The van der Waals surface area contributed by atoms with Gasteiger partial charge in [-0.25, -0.2) is 17.2 Å². The Bertz CT molecular complexity index is 1500. The second-order valence-electron chi connectivity index (χ2n) is 10.2. The molecule has 222 valence electrons. The zero-order valence-electron chi connectivity index (χ0n) is 21.5. The molecule has 0 N–H and O–H groups in total. The predicted octanol–water partition coefficient (Wildman–Crippen LogP) is 5.65. The van der Waals surface area contributed by atoms with Crippen LogP contribution < -0.4 is 0 Å². The second kappa shape index (κ2) is 9.81. The largest absolute Gasteiger partial charge is 0.435 e. The molecule has 1 amide bonds. The van der Waals surface area contributed by atoms with Crippen LogP contribution in [0.4, 0.5) is 35.1 Å². The van der Waals surface area contributed by atoms with Crippen LogP contribution in [0.15, 0.2) is 71.9 Å². The first-order valence-corrected chi connectivity index (χ1v) is 13.5. The highest BCUT2D eigenvalue weighted by Crippen LogP contribution is 2.54. The molecular formula is C26H23F8N3O3S. The molecule has 1 aliphatic heterocycles. The molecule has 0 aliphatic carbocycles. The third-order valence-electron chi connectivity index (χ3n) is 7.35. The lowest BCUT2D eigenvalue weighted by molar-refractivity contribution is -0.348. The second-order valence-corrected chi connectivity index (χ2v) is 12.4. The molecule has 0 unspecified atom stereocenters. The van der Waals surface area contributed by atoms with Gasteiger partial charge >= 0.3 is 18.0 Å². The Kier molecular flexibility index (Phi) is 7.29. The molecule has 4 rings (SSSR count). The highest BCUT2D eigenvalue weighted by atomic mass is 32.2. The first kappa shape index (κ1) is 30.5. The van der Waals surface area contributed by atoms with Crippen LogP contribution >= 0.6 is 0 Å². The fourth-order valence-corrected chi connectivity index (χ4v) is 7.06. The number of likely N-dealkylation sites (tertiary alicyclic amines) is 1. The average molecular weight is 610 g/mol. The predicted molar refractivity (Wildman–Crippen MR) is 129 cm³/mol. The molecule has 0 radical (unpaired) electrons. The van der Waals surface area contributed by atoms with Crippen molar-refractivity contribution in [1.82, 2.24) is 14.7 Å². The van der Waals surface area contributed by atoms with E-state index in [0.29, 0.717) is 12.1 Å². The lowest BCUT2D eigenvalue weighted by atomic mass is 9.90. The van der Waals surface area contributed by atoms with E-state index < -0.39 is 66.9 Å². The van der Waals surface area contributed by atoms with E-state index in [1.807, 2.05) is 0 Å². The monoisotopic (exact) mass is 609 g/mol. The quantitative estimate of drug-likeness (QED) is 0.268. The lowest BCUT2D eigenvalue weighted by Crippen LogP contribution is -2.50. The van der Waals surface area contributed by atoms with Crippen molar-refractivity contribution in [3.05, 3.63) is 83.9 Å². The van der Waals surface area contributed by atoms with Gasteiger partial charge in [0.05, 0.1) is 4.90 Å². The molecule has 1 atom stereocenters. The fourth-order valence-electron chi connectivity index (χ4n) is 4.98. The van der Waals surface area contributed by atoms with Crippen LogP contribution in [0.3, 0.4) is 0 Å². The van der Waals surface area contributed by atoms with Gasteiger partial charge in [0.25, 0.3) is 0 Å². The average Bonchev–Trinajstić information content (AvgIpc) is 3.59. The molecule has 41 heavy (non-hydrogen) atoms. The molecular weight excluding hydrogens is 586 g/mol. The molecule has 0 spiro atoms. The maximum Gasteiger partial charge on any atom is 0.435 e. The number of hydrogen-bond acceptors (Lipinski definition) is 4. The molecule has 0 bridgehead atoms. The summed E-state index contributed by atoms with van der Waals surface area (Å²) in [5, 5.41) is 4.05. The zero-order valence-corrected chi connectivity index (χ0v) is 22.3. The van der Waals surface area contributed by atoms with E-state index in [1.54, 1.807) is 6.07 Å². The third kappa shape index (κ3) is 4.77. The number of nitrogens with zero attached hydrogens (tertiary/aromatic N) is 3. The standard InChI is InChI=1S/C26H23F8N3O3S/c1-22(2,37-14-3-13-35-37)21(38)36-15-12-23(16-36,41(39,40)20-10-8-19(27)9-11-20)17-4-6-18(7-5-17)24(28,25(29,30)31)26(32,33)34/h3-11,13-14H,12,15-16H2,1-2H3/t23-/m0/s1. The molecule has 1 saturated heterocycles. The van der Waals surface area contributed by atoms with Crippen molar-refractivity contribution in [3.63, 3.8) is 0 Å². The Labute approximate surface area is 229 Å². The SMILES string of the molecule is CC(C)(C(=O)N1CC[C@](c2ccc(C(F)(C(F)(F)F)C(F)(F)F)cc2)(S(=O)(=O)c2ccc(F)cc2)C1)n1cccn1. The summed E-state index contributed by atoms with van der Waals surface area (Å²) in [4.78, 5) is 14.3. The molecule has 1 aromatic heterocycles. The Morgan fingerprint density at radius 1 is 0.902 bits per heavy atom. The minimum Gasteiger partial charge on any atom is -0.339 e. The van der Waals surface area contributed by atoms with Gasteiger partial charge in [-0.05, 0) is 56.2 Å². The number of hydrogen-bond donors (Lipinski definition) is 0. The molecule has 2 aromatic carbocycles. The summed E-state index contributed by atoms with van der Waals surface area (Å²) in [6.45, 7) is 2.35. The van der Waals surface area contributed by atoms with Crippen LogP contribution in [-0.4, -0.2) is 54.4 Å². The van der Waals surface area contributed by atoms with Crippen LogP contribution in [-0.2, 0) is 30.6 Å². The summed E-state index contributed by atoms with van der Waals surface area (Å²) in [5.74, 6) is -1.32. The van der Waals surface area contributed by atoms with Gasteiger partial charge in [0.2, 0.25) is 5.91 Å². The van der Waals surface area contributed by atoms with E-state index >= 15 is 0 Å². The summed E-state index contributed by atoms with van der Waals surface area (Å²) in [5.41, 5.74) is -9.07. The lowest BCUT2D eigenvalue weighted by Gasteiger charge is -2.34. The number of halogens is 8. The number of alkyl halides is 7. The summed E-state index contributed by atoms with van der Waals surface area (Å²) in [6, 6.07) is 7.03. The summed E-state index contributed by atoms with van der Waals surface area (Å²) >= 11 is 0. The maximum absolute atomic E-state index is 14.6. The number of aromatic nitrogens is 2. The van der Waals surface area contributed by atoms with Gasteiger partial charge in [-0.3, -0.25) is 9.48 Å². The Hall–Kier alpha value is -3.49. The molecule has 6 nitrogen and oxygen atoms in total. The number of amides is 1. The molecule has 2 heterocycles. The molecule has 1 fully saturated rings. The molecule has 0 saturated carbocycles. The minimum absolute atomic E-state index is 0.163. The van der Waals surface area contributed by atoms with Crippen molar-refractivity contribution >= 4 is 15.7 Å². The first-order chi connectivity index (χ1) is 18.8. The van der Waals surface area contributed by atoms with Crippen molar-refractivity contribution in [2.24, 2.45) is 0 Å². The maximum atomic E-state index is 14.6. The van der Waals surface area contributed by atoms with E-state index in [4.69, 9.17) is 0 Å². The van der Waals surface area contributed by atoms with E-state index in [1.165, 1.54) is 35.8 Å². The number of rotatable bonds is 6.